The Morgan fingerprint density at radius 3 is 2.78 bits per heavy atom. The van der Waals surface area contributed by atoms with E-state index in [-0.39, 0.29) is 11.3 Å². The van der Waals surface area contributed by atoms with E-state index < -0.39 is 0 Å². The lowest BCUT2D eigenvalue weighted by Crippen LogP contribution is -2.30. The second kappa shape index (κ2) is 7.04. The van der Waals surface area contributed by atoms with Crippen LogP contribution in [0.2, 0.25) is 10.0 Å². The summed E-state index contributed by atoms with van der Waals surface area (Å²) >= 11 is 14.1. The number of hydrogen-bond acceptors (Lipinski definition) is 3. The summed E-state index contributed by atoms with van der Waals surface area (Å²) in [5, 5.41) is 0.867. The lowest BCUT2D eigenvalue weighted by Gasteiger charge is -2.25. The molecule has 1 saturated heterocycles. The van der Waals surface area contributed by atoms with Gasteiger partial charge in [0, 0.05) is 17.9 Å². The summed E-state index contributed by atoms with van der Waals surface area (Å²) in [4.78, 5) is 14.8. The molecule has 23 heavy (non-hydrogen) atoms. The van der Waals surface area contributed by atoms with Gasteiger partial charge in [0.05, 0.1) is 22.7 Å². The summed E-state index contributed by atoms with van der Waals surface area (Å²) < 4.78 is 5.31. The molecule has 6 heteroatoms. The minimum absolute atomic E-state index is 0.0616. The second-order valence-corrected chi connectivity index (χ2v) is 7.04. The van der Waals surface area contributed by atoms with E-state index >= 15 is 0 Å². The molecule has 0 aliphatic carbocycles. The van der Waals surface area contributed by atoms with E-state index in [9.17, 15) is 4.79 Å². The van der Waals surface area contributed by atoms with Crippen molar-refractivity contribution in [2.75, 3.05) is 19.4 Å². The van der Waals surface area contributed by atoms with Crippen LogP contribution in [0.15, 0.2) is 42.5 Å². The number of rotatable bonds is 3. The van der Waals surface area contributed by atoms with Crippen LogP contribution >= 0.6 is 35.0 Å². The number of carbonyl (C=O) groups is 1. The van der Waals surface area contributed by atoms with Gasteiger partial charge in [0.1, 0.15) is 11.1 Å². The molecule has 0 bridgehead atoms. The van der Waals surface area contributed by atoms with E-state index in [2.05, 4.69) is 0 Å². The average molecular weight is 368 g/mol. The van der Waals surface area contributed by atoms with Crippen LogP contribution in [-0.2, 0) is 0 Å². The zero-order valence-electron chi connectivity index (χ0n) is 12.5. The van der Waals surface area contributed by atoms with Crippen molar-refractivity contribution in [3.8, 4) is 5.75 Å². The first-order chi connectivity index (χ1) is 11.1. The van der Waals surface area contributed by atoms with Gasteiger partial charge in [0.2, 0.25) is 0 Å². The summed E-state index contributed by atoms with van der Waals surface area (Å²) in [7, 11) is 1.57. The molecule has 1 fully saturated rings. The first kappa shape index (κ1) is 16.5. The van der Waals surface area contributed by atoms with E-state index in [0.29, 0.717) is 27.9 Å². The van der Waals surface area contributed by atoms with Crippen molar-refractivity contribution in [1.82, 2.24) is 4.90 Å². The topological polar surface area (TPSA) is 29.5 Å². The van der Waals surface area contributed by atoms with E-state index in [0.717, 1.165) is 11.3 Å². The monoisotopic (exact) mass is 367 g/mol. The molecular formula is C17H15Cl2NO2S. The van der Waals surface area contributed by atoms with Gasteiger partial charge in [-0.15, -0.1) is 11.8 Å². The van der Waals surface area contributed by atoms with Gasteiger partial charge in [-0.1, -0.05) is 47.5 Å². The Morgan fingerprint density at radius 2 is 2.00 bits per heavy atom. The number of benzene rings is 2. The fourth-order valence-electron chi connectivity index (χ4n) is 2.62. The molecule has 1 amide bonds. The fraction of sp³-hybridized carbons (Fsp3) is 0.235. The third-order valence-electron chi connectivity index (χ3n) is 3.74. The van der Waals surface area contributed by atoms with E-state index in [1.165, 1.54) is 0 Å². The van der Waals surface area contributed by atoms with Crippen molar-refractivity contribution in [3.63, 3.8) is 0 Å². The van der Waals surface area contributed by atoms with Crippen molar-refractivity contribution >= 4 is 40.9 Å². The molecule has 1 aliphatic heterocycles. The zero-order valence-corrected chi connectivity index (χ0v) is 14.8. The largest absolute Gasteiger partial charge is 0.496 e. The van der Waals surface area contributed by atoms with Crippen molar-refractivity contribution in [2.24, 2.45) is 0 Å². The Labute approximate surface area is 149 Å². The number of methoxy groups -OCH3 is 1. The molecule has 2 aromatic rings. The molecule has 1 atom stereocenters. The van der Waals surface area contributed by atoms with Crippen LogP contribution in [0.3, 0.4) is 0 Å². The van der Waals surface area contributed by atoms with Crippen molar-refractivity contribution in [2.45, 2.75) is 5.37 Å². The van der Waals surface area contributed by atoms with Crippen molar-refractivity contribution in [3.05, 3.63) is 63.6 Å². The SMILES string of the molecule is COc1ccccc1C(=O)N1CCS[C@@H]1c1cccc(Cl)c1Cl. The molecule has 1 heterocycles. The third-order valence-corrected chi connectivity index (χ3v) is 5.81. The molecule has 0 N–H and O–H groups in total. The van der Waals surface area contributed by atoms with Gasteiger partial charge in [-0.25, -0.2) is 0 Å². The number of para-hydroxylation sites is 1. The van der Waals surface area contributed by atoms with Gasteiger partial charge in [0.25, 0.3) is 5.91 Å². The van der Waals surface area contributed by atoms with Gasteiger partial charge >= 0.3 is 0 Å². The molecule has 0 unspecified atom stereocenters. The molecule has 3 nitrogen and oxygen atoms in total. The average Bonchev–Trinajstić information content (AvgIpc) is 3.06. The number of thioether (sulfide) groups is 1. The highest BCUT2D eigenvalue weighted by molar-refractivity contribution is 7.99. The van der Waals surface area contributed by atoms with Crippen LogP contribution in [0.5, 0.6) is 5.75 Å². The first-order valence-electron chi connectivity index (χ1n) is 7.13. The summed E-state index contributed by atoms with van der Waals surface area (Å²) in [6.45, 7) is 0.662. The van der Waals surface area contributed by atoms with Crippen LogP contribution in [0.25, 0.3) is 0 Å². The zero-order chi connectivity index (χ0) is 16.4. The van der Waals surface area contributed by atoms with Crippen molar-refractivity contribution in [1.29, 1.82) is 0 Å². The molecule has 0 radical (unpaired) electrons. The predicted molar refractivity (Wildman–Crippen MR) is 95.7 cm³/mol. The number of hydrogen-bond donors (Lipinski definition) is 0. The van der Waals surface area contributed by atoms with Crippen LogP contribution in [0, 0.1) is 0 Å². The molecule has 0 spiro atoms. The normalized spacial score (nSPS) is 17.3. The number of halogens is 2. The van der Waals surface area contributed by atoms with Crippen LogP contribution in [0.4, 0.5) is 0 Å². The molecule has 120 valence electrons. The molecule has 0 aromatic heterocycles. The van der Waals surface area contributed by atoms with Gasteiger partial charge in [-0.2, -0.15) is 0 Å². The number of amides is 1. The highest BCUT2D eigenvalue weighted by Crippen LogP contribution is 2.43. The Balaban J connectivity index is 1.95. The fourth-order valence-corrected chi connectivity index (χ4v) is 4.38. The number of nitrogens with zero attached hydrogens (tertiary/aromatic N) is 1. The highest BCUT2D eigenvalue weighted by Gasteiger charge is 2.33. The minimum Gasteiger partial charge on any atom is -0.496 e. The summed E-state index contributed by atoms with van der Waals surface area (Å²) in [5.41, 5.74) is 1.42. The Kier molecular flexibility index (Phi) is 5.05. The lowest BCUT2D eigenvalue weighted by molar-refractivity contribution is 0.0757. The predicted octanol–water partition coefficient (Wildman–Crippen LogP) is 4.89. The smallest absolute Gasteiger partial charge is 0.258 e. The maximum atomic E-state index is 13.0. The standard InChI is InChI=1S/C17H15Cl2NO2S/c1-22-14-8-3-2-5-11(14)16(21)20-9-10-23-17(20)12-6-4-7-13(18)15(12)19/h2-8,17H,9-10H2,1H3/t17-/m1/s1. The Morgan fingerprint density at radius 1 is 1.22 bits per heavy atom. The maximum absolute atomic E-state index is 13.0. The third kappa shape index (κ3) is 3.16. The van der Waals surface area contributed by atoms with E-state index in [4.69, 9.17) is 27.9 Å². The molecule has 0 saturated carbocycles. The van der Waals surface area contributed by atoms with Gasteiger partial charge < -0.3 is 9.64 Å². The number of ether oxygens (including phenoxy) is 1. The first-order valence-corrected chi connectivity index (χ1v) is 8.93. The summed E-state index contributed by atoms with van der Waals surface area (Å²) in [6, 6.07) is 12.8. The van der Waals surface area contributed by atoms with Crippen LogP contribution in [0.1, 0.15) is 21.3 Å². The van der Waals surface area contributed by atoms with E-state index in [1.807, 2.05) is 29.2 Å². The minimum atomic E-state index is -0.140. The lowest BCUT2D eigenvalue weighted by atomic mass is 10.1. The summed E-state index contributed by atoms with van der Waals surface area (Å²) in [6.07, 6.45) is 0. The molecule has 3 rings (SSSR count). The molecule has 1 aliphatic rings. The van der Waals surface area contributed by atoms with Gasteiger partial charge in [-0.05, 0) is 18.2 Å². The van der Waals surface area contributed by atoms with E-state index in [1.54, 1.807) is 37.1 Å². The van der Waals surface area contributed by atoms with Crippen LogP contribution < -0.4 is 4.74 Å². The summed E-state index contributed by atoms with van der Waals surface area (Å²) in [5.74, 6) is 1.37. The highest BCUT2D eigenvalue weighted by atomic mass is 35.5. The van der Waals surface area contributed by atoms with Crippen molar-refractivity contribution < 1.29 is 9.53 Å². The van der Waals surface area contributed by atoms with Gasteiger partial charge in [-0.3, -0.25) is 4.79 Å². The second-order valence-electron chi connectivity index (χ2n) is 5.07. The molecule has 2 aromatic carbocycles. The maximum Gasteiger partial charge on any atom is 0.258 e. The van der Waals surface area contributed by atoms with Crippen LogP contribution in [-0.4, -0.2) is 30.2 Å². The van der Waals surface area contributed by atoms with Gasteiger partial charge in [0.15, 0.2) is 0 Å². The molecular weight excluding hydrogens is 353 g/mol. The Hall–Kier alpha value is -1.36. The quantitative estimate of drug-likeness (QED) is 0.773. The Bertz CT molecular complexity index is 738. The number of carbonyl (C=O) groups excluding carboxylic acids is 1.